The van der Waals surface area contributed by atoms with E-state index in [0.29, 0.717) is 13.0 Å². The van der Waals surface area contributed by atoms with Gasteiger partial charge in [-0.15, -0.1) is 0 Å². The van der Waals surface area contributed by atoms with Crippen molar-refractivity contribution >= 4 is 12.0 Å². The van der Waals surface area contributed by atoms with E-state index in [9.17, 15) is 9.59 Å². The molecule has 0 aromatic carbocycles. The molecule has 1 heterocycles. The minimum absolute atomic E-state index is 0.0123. The van der Waals surface area contributed by atoms with Crippen LogP contribution in [0.2, 0.25) is 0 Å². The van der Waals surface area contributed by atoms with Gasteiger partial charge in [-0.25, -0.2) is 4.79 Å². The van der Waals surface area contributed by atoms with Crippen LogP contribution in [0.25, 0.3) is 0 Å². The third-order valence-corrected chi connectivity index (χ3v) is 3.70. The molecule has 1 fully saturated rings. The average Bonchev–Trinajstić information content (AvgIpc) is 2.40. The maximum absolute atomic E-state index is 12.0. The highest BCUT2D eigenvalue weighted by atomic mass is 16.4. The largest absolute Gasteiger partial charge is 0.481 e. The average molecular weight is 252 g/mol. The van der Waals surface area contributed by atoms with Crippen LogP contribution >= 0.6 is 0 Å². The lowest BCUT2D eigenvalue weighted by molar-refractivity contribution is -0.143. The Hall–Kier alpha value is -1.52. The fraction of sp³-hybridized carbons (Fsp3) is 0.692. The monoisotopic (exact) mass is 252 g/mol. The first kappa shape index (κ1) is 12.9. The fourth-order valence-corrected chi connectivity index (χ4v) is 2.64. The zero-order valence-corrected chi connectivity index (χ0v) is 10.5. The van der Waals surface area contributed by atoms with Crippen molar-refractivity contribution in [1.82, 2.24) is 10.2 Å². The van der Waals surface area contributed by atoms with Gasteiger partial charge in [-0.3, -0.25) is 4.79 Å². The number of carbonyl (C=O) groups excluding carboxylic acids is 1. The molecule has 0 spiro atoms. The summed E-state index contributed by atoms with van der Waals surface area (Å²) in [7, 11) is 0. The van der Waals surface area contributed by atoms with Gasteiger partial charge in [0.25, 0.3) is 0 Å². The highest BCUT2D eigenvalue weighted by Crippen LogP contribution is 2.24. The fourth-order valence-electron chi connectivity index (χ4n) is 2.64. The Morgan fingerprint density at radius 2 is 2.11 bits per heavy atom. The second-order valence-corrected chi connectivity index (χ2v) is 5.05. The maximum Gasteiger partial charge on any atom is 0.317 e. The Balaban J connectivity index is 1.83. The number of urea groups is 1. The van der Waals surface area contributed by atoms with E-state index in [1.54, 1.807) is 4.90 Å². The molecule has 2 amide bonds. The predicted octanol–water partition coefficient (Wildman–Crippen LogP) is 1.60. The van der Waals surface area contributed by atoms with E-state index in [2.05, 4.69) is 11.4 Å². The van der Waals surface area contributed by atoms with Crippen molar-refractivity contribution < 1.29 is 14.7 Å². The molecule has 2 rings (SSSR count). The van der Waals surface area contributed by atoms with Gasteiger partial charge in [0.05, 0.1) is 5.92 Å². The number of rotatable bonds is 2. The molecule has 18 heavy (non-hydrogen) atoms. The van der Waals surface area contributed by atoms with E-state index in [-0.39, 0.29) is 18.0 Å². The second kappa shape index (κ2) is 5.89. The van der Waals surface area contributed by atoms with Gasteiger partial charge < -0.3 is 15.3 Å². The van der Waals surface area contributed by atoms with Crippen molar-refractivity contribution in [1.29, 1.82) is 0 Å². The van der Waals surface area contributed by atoms with Crippen LogP contribution in [0.1, 0.15) is 32.1 Å². The minimum Gasteiger partial charge on any atom is -0.481 e. The summed E-state index contributed by atoms with van der Waals surface area (Å²) >= 11 is 0. The lowest BCUT2D eigenvalue weighted by atomic mass is 9.86. The predicted molar refractivity (Wildman–Crippen MR) is 67.2 cm³/mol. The SMILES string of the molecule is O=C(O)C1CCCC(NC(=O)N2CC=CCC2)C1. The van der Waals surface area contributed by atoms with Crippen molar-refractivity contribution in [3.63, 3.8) is 0 Å². The van der Waals surface area contributed by atoms with Crippen LogP contribution in [0, 0.1) is 5.92 Å². The molecule has 2 unspecified atom stereocenters. The molecule has 2 N–H and O–H groups in total. The number of nitrogens with zero attached hydrogens (tertiary/aromatic N) is 1. The van der Waals surface area contributed by atoms with Crippen LogP contribution in [0.5, 0.6) is 0 Å². The van der Waals surface area contributed by atoms with Crippen LogP contribution in [0.3, 0.4) is 0 Å². The molecule has 5 heteroatoms. The molecule has 2 atom stereocenters. The summed E-state index contributed by atoms with van der Waals surface area (Å²) in [4.78, 5) is 24.7. The topological polar surface area (TPSA) is 69.6 Å². The number of hydrogen-bond acceptors (Lipinski definition) is 2. The van der Waals surface area contributed by atoms with Gasteiger partial charge in [-0.05, 0) is 25.7 Å². The standard InChI is InChI=1S/C13H20N2O3/c16-12(17)10-5-4-6-11(9-10)14-13(18)15-7-2-1-3-8-15/h1-2,10-11H,3-9H2,(H,14,18)(H,16,17). The summed E-state index contributed by atoms with van der Waals surface area (Å²) in [6.07, 6.45) is 8.02. The Kier molecular flexibility index (Phi) is 4.23. The molecule has 1 aliphatic carbocycles. The van der Waals surface area contributed by atoms with Crippen LogP contribution in [0.15, 0.2) is 12.2 Å². The quantitative estimate of drug-likeness (QED) is 0.733. The van der Waals surface area contributed by atoms with Gasteiger partial charge in [0.15, 0.2) is 0 Å². The zero-order chi connectivity index (χ0) is 13.0. The van der Waals surface area contributed by atoms with Crippen molar-refractivity contribution in [2.45, 2.75) is 38.1 Å². The number of hydrogen-bond donors (Lipinski definition) is 2. The van der Waals surface area contributed by atoms with E-state index < -0.39 is 5.97 Å². The van der Waals surface area contributed by atoms with Crippen LogP contribution in [-0.4, -0.2) is 41.1 Å². The molecule has 0 aromatic rings. The summed E-state index contributed by atoms with van der Waals surface area (Å²) in [5, 5.41) is 12.0. The highest BCUT2D eigenvalue weighted by Gasteiger charge is 2.28. The molecule has 0 radical (unpaired) electrons. The lowest BCUT2D eigenvalue weighted by Crippen LogP contribution is -2.47. The Bertz CT molecular complexity index is 354. The molecule has 0 aromatic heterocycles. The second-order valence-electron chi connectivity index (χ2n) is 5.05. The number of aliphatic carboxylic acids is 1. The lowest BCUT2D eigenvalue weighted by Gasteiger charge is -2.31. The molecular weight excluding hydrogens is 232 g/mol. The Labute approximate surface area is 107 Å². The normalized spacial score (nSPS) is 27.9. The first-order chi connectivity index (χ1) is 8.66. The summed E-state index contributed by atoms with van der Waals surface area (Å²) in [6.45, 7) is 1.40. The summed E-state index contributed by atoms with van der Waals surface area (Å²) < 4.78 is 0. The molecule has 1 saturated carbocycles. The number of nitrogens with one attached hydrogen (secondary N) is 1. The van der Waals surface area contributed by atoms with Gasteiger partial charge in [-0.2, -0.15) is 0 Å². The smallest absolute Gasteiger partial charge is 0.317 e. The van der Waals surface area contributed by atoms with E-state index in [1.165, 1.54) is 0 Å². The number of amides is 2. The van der Waals surface area contributed by atoms with Crippen LogP contribution in [0.4, 0.5) is 4.79 Å². The van der Waals surface area contributed by atoms with Gasteiger partial charge in [0.1, 0.15) is 0 Å². The molecule has 2 aliphatic rings. The third-order valence-electron chi connectivity index (χ3n) is 3.70. The zero-order valence-electron chi connectivity index (χ0n) is 10.5. The minimum atomic E-state index is -0.741. The molecular formula is C13H20N2O3. The van der Waals surface area contributed by atoms with Crippen LogP contribution in [-0.2, 0) is 4.79 Å². The van der Waals surface area contributed by atoms with E-state index in [4.69, 9.17) is 5.11 Å². The molecule has 5 nitrogen and oxygen atoms in total. The van der Waals surface area contributed by atoms with Crippen LogP contribution < -0.4 is 5.32 Å². The maximum atomic E-state index is 12.0. The first-order valence-electron chi connectivity index (χ1n) is 6.60. The van der Waals surface area contributed by atoms with E-state index >= 15 is 0 Å². The summed E-state index contributed by atoms with van der Waals surface area (Å²) in [5.41, 5.74) is 0. The van der Waals surface area contributed by atoms with Crippen molar-refractivity contribution in [3.05, 3.63) is 12.2 Å². The van der Waals surface area contributed by atoms with Crippen molar-refractivity contribution in [3.8, 4) is 0 Å². The summed E-state index contributed by atoms with van der Waals surface area (Å²) in [5.74, 6) is -1.04. The molecule has 100 valence electrons. The van der Waals surface area contributed by atoms with E-state index in [1.807, 2.05) is 6.08 Å². The third kappa shape index (κ3) is 3.24. The van der Waals surface area contributed by atoms with Gasteiger partial charge >= 0.3 is 12.0 Å². The highest BCUT2D eigenvalue weighted by molar-refractivity contribution is 5.75. The van der Waals surface area contributed by atoms with Crippen molar-refractivity contribution in [2.75, 3.05) is 13.1 Å². The molecule has 0 bridgehead atoms. The molecule has 1 aliphatic heterocycles. The molecule has 0 saturated heterocycles. The van der Waals surface area contributed by atoms with E-state index in [0.717, 1.165) is 32.2 Å². The number of carboxylic acids is 1. The van der Waals surface area contributed by atoms with Gasteiger partial charge in [-0.1, -0.05) is 18.6 Å². The first-order valence-corrected chi connectivity index (χ1v) is 6.60. The van der Waals surface area contributed by atoms with Gasteiger partial charge in [0, 0.05) is 19.1 Å². The summed E-state index contributed by atoms with van der Waals surface area (Å²) in [6, 6.07) is -0.0476. The van der Waals surface area contributed by atoms with Crippen molar-refractivity contribution in [2.24, 2.45) is 5.92 Å². The van der Waals surface area contributed by atoms with Gasteiger partial charge in [0.2, 0.25) is 0 Å². The Morgan fingerprint density at radius 3 is 2.78 bits per heavy atom. The number of carbonyl (C=O) groups is 2. The Morgan fingerprint density at radius 1 is 1.28 bits per heavy atom. The number of carboxylic acid groups (broad SMARTS) is 1.